The Morgan fingerprint density at radius 1 is 1.24 bits per heavy atom. The van der Waals surface area contributed by atoms with Gasteiger partial charge in [-0.1, -0.05) is 11.6 Å². The predicted octanol–water partition coefficient (Wildman–Crippen LogP) is 2.50. The van der Waals surface area contributed by atoms with Gasteiger partial charge in [0.2, 0.25) is 0 Å². The quantitative estimate of drug-likeness (QED) is 0.729. The summed E-state index contributed by atoms with van der Waals surface area (Å²) in [4.78, 5) is 8.13. The fourth-order valence-electron chi connectivity index (χ4n) is 2.41. The van der Waals surface area contributed by atoms with E-state index in [0.717, 1.165) is 24.4 Å². The standard InChI is InChI=1S/C12H13ClN4/c1-8-9-4-2-3-5-10(9)17(16-8)12-6-11(13)14-7-15-12/h6-7H,2-5H2,1H3. The summed E-state index contributed by atoms with van der Waals surface area (Å²) in [5.74, 6) is 0.760. The number of hydrogen-bond acceptors (Lipinski definition) is 3. The smallest absolute Gasteiger partial charge is 0.158 e. The minimum atomic E-state index is 0.452. The zero-order chi connectivity index (χ0) is 11.8. The van der Waals surface area contributed by atoms with E-state index in [1.807, 2.05) is 4.68 Å². The van der Waals surface area contributed by atoms with E-state index >= 15 is 0 Å². The van der Waals surface area contributed by atoms with Crippen molar-refractivity contribution in [3.05, 3.63) is 34.5 Å². The Morgan fingerprint density at radius 2 is 2.06 bits per heavy atom. The normalized spacial score (nSPS) is 14.7. The molecular weight excluding hydrogens is 236 g/mol. The summed E-state index contributed by atoms with van der Waals surface area (Å²) < 4.78 is 1.91. The molecule has 0 aromatic carbocycles. The Kier molecular flexibility index (Phi) is 2.59. The summed E-state index contributed by atoms with van der Waals surface area (Å²) in [6.45, 7) is 2.06. The second kappa shape index (κ2) is 4.11. The molecule has 2 aromatic heterocycles. The molecule has 2 aromatic rings. The van der Waals surface area contributed by atoms with E-state index in [0.29, 0.717) is 5.15 Å². The number of halogens is 1. The minimum absolute atomic E-state index is 0.452. The van der Waals surface area contributed by atoms with Crippen molar-refractivity contribution in [2.45, 2.75) is 32.6 Å². The Bertz CT molecular complexity index is 562. The van der Waals surface area contributed by atoms with Crippen LogP contribution in [-0.4, -0.2) is 19.7 Å². The number of hydrogen-bond donors (Lipinski definition) is 0. The van der Waals surface area contributed by atoms with Crippen molar-refractivity contribution in [2.75, 3.05) is 0 Å². The molecule has 0 fully saturated rings. The Labute approximate surface area is 105 Å². The molecule has 0 saturated carbocycles. The summed E-state index contributed by atoms with van der Waals surface area (Å²) in [7, 11) is 0. The van der Waals surface area contributed by atoms with Crippen LogP contribution >= 0.6 is 11.6 Å². The molecule has 0 bridgehead atoms. The van der Waals surface area contributed by atoms with Crippen LogP contribution in [0.15, 0.2) is 12.4 Å². The fraction of sp³-hybridized carbons (Fsp3) is 0.417. The topological polar surface area (TPSA) is 43.6 Å². The van der Waals surface area contributed by atoms with E-state index in [1.54, 1.807) is 6.07 Å². The third kappa shape index (κ3) is 1.82. The summed E-state index contributed by atoms with van der Waals surface area (Å²) in [5, 5.41) is 5.02. The number of fused-ring (bicyclic) bond motifs is 1. The molecule has 1 aliphatic rings. The average Bonchev–Trinajstić information content (AvgIpc) is 2.68. The first-order valence-electron chi connectivity index (χ1n) is 5.81. The number of rotatable bonds is 1. The van der Waals surface area contributed by atoms with Crippen molar-refractivity contribution < 1.29 is 0 Å². The van der Waals surface area contributed by atoms with E-state index in [-0.39, 0.29) is 0 Å². The molecule has 3 rings (SSSR count). The van der Waals surface area contributed by atoms with E-state index in [2.05, 4.69) is 22.0 Å². The van der Waals surface area contributed by atoms with Crippen molar-refractivity contribution in [2.24, 2.45) is 0 Å². The van der Waals surface area contributed by atoms with E-state index < -0.39 is 0 Å². The van der Waals surface area contributed by atoms with Crippen LogP contribution in [-0.2, 0) is 12.8 Å². The molecule has 1 aliphatic carbocycles. The van der Waals surface area contributed by atoms with Gasteiger partial charge in [0.05, 0.1) is 5.69 Å². The summed E-state index contributed by atoms with van der Waals surface area (Å²) in [6, 6.07) is 1.75. The highest BCUT2D eigenvalue weighted by molar-refractivity contribution is 6.29. The highest BCUT2D eigenvalue weighted by atomic mass is 35.5. The van der Waals surface area contributed by atoms with Gasteiger partial charge in [0.15, 0.2) is 5.82 Å². The van der Waals surface area contributed by atoms with Crippen molar-refractivity contribution in [1.29, 1.82) is 0 Å². The summed E-state index contributed by atoms with van der Waals surface area (Å²) in [5.41, 5.74) is 3.77. The van der Waals surface area contributed by atoms with Gasteiger partial charge in [-0.15, -0.1) is 0 Å². The lowest BCUT2D eigenvalue weighted by Crippen LogP contribution is -2.09. The molecule has 2 heterocycles. The molecule has 0 spiro atoms. The molecule has 0 unspecified atom stereocenters. The van der Waals surface area contributed by atoms with Gasteiger partial charge in [0.25, 0.3) is 0 Å². The van der Waals surface area contributed by atoms with Gasteiger partial charge in [-0.05, 0) is 38.2 Å². The van der Waals surface area contributed by atoms with Gasteiger partial charge in [-0.2, -0.15) is 5.10 Å². The van der Waals surface area contributed by atoms with Crippen LogP contribution in [0.25, 0.3) is 5.82 Å². The van der Waals surface area contributed by atoms with Gasteiger partial charge >= 0.3 is 0 Å². The van der Waals surface area contributed by atoms with Gasteiger partial charge < -0.3 is 0 Å². The molecule has 17 heavy (non-hydrogen) atoms. The van der Waals surface area contributed by atoms with Gasteiger partial charge in [0.1, 0.15) is 11.5 Å². The molecule has 88 valence electrons. The number of aryl methyl sites for hydroxylation is 1. The molecule has 0 N–H and O–H groups in total. The molecule has 0 atom stereocenters. The zero-order valence-electron chi connectivity index (χ0n) is 9.65. The molecule has 0 radical (unpaired) electrons. The van der Waals surface area contributed by atoms with Crippen LogP contribution in [0.2, 0.25) is 5.15 Å². The summed E-state index contributed by atoms with van der Waals surface area (Å²) >= 11 is 5.89. The first-order chi connectivity index (χ1) is 8.25. The van der Waals surface area contributed by atoms with Crippen molar-refractivity contribution in [3.63, 3.8) is 0 Å². The van der Waals surface area contributed by atoms with Crippen LogP contribution in [0.5, 0.6) is 0 Å². The maximum absolute atomic E-state index is 5.89. The number of aromatic nitrogens is 4. The van der Waals surface area contributed by atoms with Crippen LogP contribution in [0, 0.1) is 6.92 Å². The van der Waals surface area contributed by atoms with Gasteiger partial charge in [-0.25, -0.2) is 14.6 Å². The Balaban J connectivity index is 2.15. The fourth-order valence-corrected chi connectivity index (χ4v) is 2.55. The molecule has 0 amide bonds. The minimum Gasteiger partial charge on any atom is -0.224 e. The number of nitrogens with zero attached hydrogens (tertiary/aromatic N) is 4. The highest BCUT2D eigenvalue weighted by Gasteiger charge is 2.19. The van der Waals surface area contributed by atoms with E-state index in [9.17, 15) is 0 Å². The second-order valence-electron chi connectivity index (χ2n) is 4.33. The van der Waals surface area contributed by atoms with Gasteiger partial charge in [-0.3, -0.25) is 0 Å². The highest BCUT2D eigenvalue weighted by Crippen LogP contribution is 2.26. The van der Waals surface area contributed by atoms with E-state index in [4.69, 9.17) is 11.6 Å². The SMILES string of the molecule is Cc1nn(-c2cc(Cl)ncn2)c2c1CCCC2. The second-order valence-corrected chi connectivity index (χ2v) is 4.72. The maximum atomic E-state index is 5.89. The lowest BCUT2D eigenvalue weighted by atomic mass is 9.96. The molecule has 4 nitrogen and oxygen atoms in total. The van der Waals surface area contributed by atoms with Crippen molar-refractivity contribution in [1.82, 2.24) is 19.7 Å². The molecule has 0 aliphatic heterocycles. The van der Waals surface area contributed by atoms with E-state index in [1.165, 1.54) is 30.4 Å². The van der Waals surface area contributed by atoms with Crippen LogP contribution in [0.3, 0.4) is 0 Å². The van der Waals surface area contributed by atoms with Gasteiger partial charge in [0, 0.05) is 11.8 Å². The summed E-state index contributed by atoms with van der Waals surface area (Å²) in [6.07, 6.45) is 6.14. The van der Waals surface area contributed by atoms with Crippen LogP contribution in [0.1, 0.15) is 29.8 Å². The molecule has 0 saturated heterocycles. The van der Waals surface area contributed by atoms with Crippen LogP contribution < -0.4 is 0 Å². The first kappa shape index (κ1) is 10.7. The largest absolute Gasteiger partial charge is 0.224 e. The van der Waals surface area contributed by atoms with Crippen LogP contribution in [0.4, 0.5) is 0 Å². The first-order valence-corrected chi connectivity index (χ1v) is 6.19. The average molecular weight is 249 g/mol. The Morgan fingerprint density at radius 3 is 2.88 bits per heavy atom. The zero-order valence-corrected chi connectivity index (χ0v) is 10.4. The lowest BCUT2D eigenvalue weighted by Gasteiger charge is -2.13. The molecular formula is C12H13ClN4. The van der Waals surface area contributed by atoms with Crippen molar-refractivity contribution >= 4 is 11.6 Å². The third-order valence-corrected chi connectivity index (χ3v) is 3.42. The Hall–Kier alpha value is -1.42. The molecule has 5 heteroatoms. The maximum Gasteiger partial charge on any atom is 0.158 e. The monoisotopic (exact) mass is 248 g/mol. The third-order valence-electron chi connectivity index (χ3n) is 3.22. The lowest BCUT2D eigenvalue weighted by molar-refractivity contribution is 0.648. The van der Waals surface area contributed by atoms with Crippen molar-refractivity contribution in [3.8, 4) is 5.82 Å². The predicted molar refractivity (Wildman–Crippen MR) is 65.5 cm³/mol.